The van der Waals surface area contributed by atoms with Crippen molar-refractivity contribution in [1.29, 1.82) is 0 Å². The van der Waals surface area contributed by atoms with Crippen molar-refractivity contribution in [2.45, 2.75) is 113 Å². The van der Waals surface area contributed by atoms with Crippen LogP contribution in [-0.4, -0.2) is 146 Å². The van der Waals surface area contributed by atoms with Crippen molar-refractivity contribution in [1.82, 2.24) is 0 Å². The minimum atomic E-state index is -3.39. The standard InChI is InChI=1S/C9H11N.C9H10O2S.C9H10OS.C9H10O.C9H10S.C8H8O4S2.C8H8O3S.C8H8O2S.C8H8O2.C8H8OS.C8H8S2/c1-2-6-9-8(4-1)5-3-7-10-9;10-12(11)7-3-5-8-4-1-2-6-9(8)12;10-11-7-3-5-8-4-1-2-6-9(8)11;2*1-2-6-9-8(4-1)5-3-7-10-9;9-13(10)5-6-14(11,12)8-4-2-1-3-7(8)13;9-12(10)6-5-11-7-3-1-2-4-8(7)12;9-11-6-5-10-7-3-1-2-4-8(7)11;3*1-2-4-8-7(3-1)9-5-6-10-8/h1-2,4,6,10H,3,5,7H2;1-2,4,6H,3,5,7H2;1-2,4,6H,3,5,7H2;2*1-2,4,6H,3,5,7H2;1-4H,5-6H2;1-4H,5-6H2;1-4H,5-6H2;3*1-4H,5-6H2. The maximum absolute atomic E-state index is 11.5. The van der Waals surface area contributed by atoms with E-state index in [4.69, 9.17) is 28.4 Å². The first kappa shape index (κ1) is 90.7. The van der Waals surface area contributed by atoms with Crippen LogP contribution in [0.25, 0.3) is 0 Å². The van der Waals surface area contributed by atoms with Gasteiger partial charge in [-0.2, -0.15) is 0 Å². The summed E-state index contributed by atoms with van der Waals surface area (Å²) in [6, 6.07) is 85.2. The molecule has 120 heavy (non-hydrogen) atoms. The molecule has 0 spiro atoms. The average molecular weight is 1810 g/mol. The number of thioether (sulfide) groups is 4. The lowest BCUT2D eigenvalue weighted by Gasteiger charge is -2.17. The van der Waals surface area contributed by atoms with Crippen molar-refractivity contribution in [2.75, 3.05) is 109 Å². The summed E-state index contributed by atoms with van der Waals surface area (Å²) in [5, 5.41) is 3.36. The van der Waals surface area contributed by atoms with Crippen LogP contribution in [-0.2, 0) is 93.1 Å². The molecule has 11 aliphatic rings. The molecule has 0 radical (unpaired) electrons. The van der Waals surface area contributed by atoms with Gasteiger partial charge in [-0.05, 0) is 201 Å². The van der Waals surface area contributed by atoms with Gasteiger partial charge in [0.25, 0.3) is 0 Å². The number of aryl methyl sites for hydroxylation is 5. The first-order valence-electron chi connectivity index (χ1n) is 40.0. The van der Waals surface area contributed by atoms with Gasteiger partial charge >= 0.3 is 0 Å². The van der Waals surface area contributed by atoms with Crippen molar-refractivity contribution in [3.63, 3.8) is 0 Å². The van der Waals surface area contributed by atoms with Gasteiger partial charge in [0.05, 0.1) is 83.2 Å². The Hall–Kier alpha value is -8.48. The van der Waals surface area contributed by atoms with Gasteiger partial charge in [0.2, 0.25) is 0 Å². The van der Waals surface area contributed by atoms with Crippen LogP contribution in [0.2, 0.25) is 0 Å². The first-order chi connectivity index (χ1) is 58.4. The maximum atomic E-state index is 11.5. The molecule has 0 bridgehead atoms. The number of anilines is 1. The number of ether oxygens (including phenoxy) is 6. The van der Waals surface area contributed by atoms with Crippen LogP contribution in [0.1, 0.15) is 59.9 Å². The number of hydrogen-bond donors (Lipinski definition) is 1. The molecule has 2 unspecified atom stereocenters. The Kier molecular flexibility index (Phi) is 34.9. The van der Waals surface area contributed by atoms with Gasteiger partial charge in [-0.15, -0.1) is 47.0 Å². The fourth-order valence-electron chi connectivity index (χ4n) is 13.7. The number of fused-ring (bicyclic) bond motifs is 11. The zero-order valence-corrected chi connectivity index (χ0v) is 74.8. The minimum Gasteiger partial charge on any atom is -0.493 e. The SMILES string of the molecule is O=S1(=O)CCCc2ccccc21.O=S1(=O)CCOc2ccccc21.O=S1(=O)CCS(=O)(=O)c2ccccc21.O=S1CCCc2ccccc21.O=S1CCOc2ccccc21.c1ccc2c(c1)CCCN2.c1ccc2c(c1)CCCO2.c1ccc2c(c1)CCCS2.c1ccc2c(c1)OCCO2.c1ccc2c(c1)OCCS2.c1ccc2c(c1)SCCS2. The fourth-order valence-corrected chi connectivity index (χ4v) is 27.3. The van der Waals surface area contributed by atoms with E-state index in [0.717, 1.165) is 107 Å². The van der Waals surface area contributed by atoms with Gasteiger partial charge in [0.15, 0.2) is 50.8 Å². The monoisotopic (exact) mass is 1810 g/mol. The largest absolute Gasteiger partial charge is 0.493 e. The molecule has 632 valence electrons. The summed E-state index contributed by atoms with van der Waals surface area (Å²) in [4.78, 5) is 8.29. The lowest BCUT2D eigenvalue weighted by molar-refractivity contribution is 0.171. The van der Waals surface area contributed by atoms with Crippen LogP contribution in [0.5, 0.6) is 34.5 Å². The van der Waals surface area contributed by atoms with Gasteiger partial charge in [-0.25, -0.2) is 33.7 Å². The van der Waals surface area contributed by atoms with E-state index < -0.39 is 60.9 Å². The molecule has 0 saturated heterocycles. The summed E-state index contributed by atoms with van der Waals surface area (Å²) in [6.07, 6.45) is 11.3. The van der Waals surface area contributed by atoms with Crippen LogP contribution in [0, 0.1) is 0 Å². The van der Waals surface area contributed by atoms with Gasteiger partial charge in [0.1, 0.15) is 54.3 Å². The van der Waals surface area contributed by atoms with E-state index in [1.54, 1.807) is 42.0 Å². The van der Waals surface area contributed by atoms with Gasteiger partial charge < -0.3 is 33.7 Å². The summed E-state index contributed by atoms with van der Waals surface area (Å²) in [6.45, 7) is 5.03. The second kappa shape index (κ2) is 46.1. The average Bonchev–Trinajstić information content (AvgIpc) is 0.760. The molecule has 0 saturated carbocycles. The van der Waals surface area contributed by atoms with Crippen molar-refractivity contribution in [2.24, 2.45) is 0 Å². The Morgan fingerprint density at radius 1 is 0.258 bits per heavy atom. The van der Waals surface area contributed by atoms with E-state index in [2.05, 4.69) is 102 Å². The molecule has 11 aromatic carbocycles. The van der Waals surface area contributed by atoms with E-state index in [9.17, 15) is 42.1 Å². The van der Waals surface area contributed by atoms with Crippen LogP contribution < -0.4 is 33.7 Å². The third kappa shape index (κ3) is 26.8. The lowest BCUT2D eigenvalue weighted by atomic mass is 10.0. The number of rotatable bonds is 0. The van der Waals surface area contributed by atoms with Gasteiger partial charge in [-0.3, -0.25) is 8.42 Å². The van der Waals surface area contributed by atoms with Crippen molar-refractivity contribution in [3.8, 4) is 34.5 Å². The summed E-state index contributed by atoms with van der Waals surface area (Å²) in [7, 11) is -14.3. The highest BCUT2D eigenvalue weighted by Gasteiger charge is 2.33. The Balaban J connectivity index is 0.000000121. The fraction of sp³-hybridized carbons (Fsp3) is 0.290. The molecule has 11 aliphatic heterocycles. The van der Waals surface area contributed by atoms with E-state index in [0.29, 0.717) is 46.9 Å². The summed E-state index contributed by atoms with van der Waals surface area (Å²) in [5.74, 6) is 11.2. The summed E-state index contributed by atoms with van der Waals surface area (Å²) < 4.78 is 146. The molecule has 0 aliphatic carbocycles. The van der Waals surface area contributed by atoms with Crippen molar-refractivity contribution in [3.05, 3.63) is 295 Å². The smallest absolute Gasteiger partial charge is 0.185 e. The molecule has 0 aromatic heterocycles. The first-order valence-corrected chi connectivity index (χ1v) is 53.2. The molecule has 1 N–H and O–H groups in total. The van der Waals surface area contributed by atoms with E-state index in [1.807, 2.05) is 156 Å². The molecule has 11 aromatic rings. The Morgan fingerprint density at radius 3 is 1.30 bits per heavy atom. The highest BCUT2D eigenvalue weighted by atomic mass is 32.2. The molecule has 22 rings (SSSR count). The topological polar surface area (TPSA) is 238 Å². The molecule has 11 heterocycles. The number of benzene rings is 11. The normalized spacial score (nSPS) is 18.5. The minimum absolute atomic E-state index is 0.0637. The predicted molar refractivity (Wildman–Crippen MR) is 488 cm³/mol. The molecule has 0 fully saturated rings. The maximum Gasteiger partial charge on any atom is 0.185 e. The molecule has 17 nitrogen and oxygen atoms in total. The molecular weight excluding hydrogens is 1710 g/mol. The van der Waals surface area contributed by atoms with Gasteiger partial charge in [-0.1, -0.05) is 164 Å². The zero-order valence-electron chi connectivity index (χ0n) is 66.6. The Bertz CT molecular complexity index is 4990. The van der Waals surface area contributed by atoms with E-state index >= 15 is 0 Å². The van der Waals surface area contributed by atoms with E-state index in [-0.39, 0.29) is 33.7 Å². The van der Waals surface area contributed by atoms with Crippen LogP contribution in [0.15, 0.2) is 316 Å². The van der Waals surface area contributed by atoms with Crippen molar-refractivity contribution < 1.29 is 70.5 Å². The zero-order chi connectivity index (χ0) is 83.8. The second-order valence-electron chi connectivity index (χ2n) is 28.1. The number of sulfone groups is 4. The highest BCUT2D eigenvalue weighted by molar-refractivity contribution is 8.05. The number of para-hydroxylation sites is 7. The van der Waals surface area contributed by atoms with Gasteiger partial charge in [0, 0.05) is 59.7 Å². The Morgan fingerprint density at radius 2 is 0.683 bits per heavy atom. The molecule has 2 atom stereocenters. The number of nitrogens with one attached hydrogen (secondary N) is 1. The molecular formula is C93H99NO16S10. The van der Waals surface area contributed by atoms with E-state index in [1.165, 1.54) is 116 Å². The third-order valence-electron chi connectivity index (χ3n) is 19.7. The van der Waals surface area contributed by atoms with Crippen LogP contribution in [0.4, 0.5) is 5.69 Å². The second-order valence-corrected chi connectivity index (χ2v) is 44.0. The Labute approximate surface area is 729 Å². The molecule has 27 heteroatoms. The van der Waals surface area contributed by atoms with Crippen LogP contribution >= 0.6 is 47.0 Å². The predicted octanol–water partition coefficient (Wildman–Crippen LogP) is 18.7. The third-order valence-corrected chi connectivity index (χ3v) is 34.9. The lowest BCUT2D eigenvalue weighted by Crippen LogP contribution is -2.25. The quantitative estimate of drug-likeness (QED) is 0.148. The summed E-state index contributed by atoms with van der Waals surface area (Å²) >= 11 is 7.79. The molecule has 0 amide bonds. The van der Waals surface area contributed by atoms with Crippen LogP contribution in [0.3, 0.4) is 0 Å². The number of hydrogen-bond acceptors (Lipinski definition) is 21. The van der Waals surface area contributed by atoms with Crippen molar-refractivity contribution >= 4 is 114 Å². The summed E-state index contributed by atoms with van der Waals surface area (Å²) in [5.41, 5.74) is 7.94. The highest BCUT2D eigenvalue weighted by Crippen LogP contribution is 2.38.